The monoisotopic (exact) mass is 489 g/mol. The second kappa shape index (κ2) is 11.5. The zero-order valence-electron chi connectivity index (χ0n) is 20.2. The highest BCUT2D eigenvalue weighted by molar-refractivity contribution is 6.02. The zero-order chi connectivity index (χ0) is 25.5. The van der Waals surface area contributed by atoms with E-state index in [-0.39, 0.29) is 19.0 Å². The maximum absolute atomic E-state index is 14.0. The van der Waals surface area contributed by atoms with Gasteiger partial charge in [-0.3, -0.25) is 14.5 Å². The smallest absolute Gasteiger partial charge is 0.249 e. The van der Waals surface area contributed by atoms with Crippen molar-refractivity contribution in [2.24, 2.45) is 0 Å². The van der Waals surface area contributed by atoms with E-state index in [9.17, 15) is 14.0 Å². The molecule has 1 aromatic heterocycles. The minimum Gasteiger partial charge on any atom is -0.383 e. The van der Waals surface area contributed by atoms with Gasteiger partial charge in [0.2, 0.25) is 11.8 Å². The summed E-state index contributed by atoms with van der Waals surface area (Å²) in [5, 5.41) is 11.1. The minimum absolute atomic E-state index is 0.137. The van der Waals surface area contributed by atoms with E-state index in [1.54, 1.807) is 7.11 Å². The van der Waals surface area contributed by atoms with Crippen molar-refractivity contribution in [3.63, 3.8) is 0 Å². The molecule has 4 rings (SSSR count). The molecule has 0 radical (unpaired) electrons. The van der Waals surface area contributed by atoms with Gasteiger partial charge in [0.05, 0.1) is 12.1 Å². The molecule has 186 valence electrons. The first-order valence-corrected chi connectivity index (χ1v) is 11.7. The lowest BCUT2D eigenvalue weighted by Crippen LogP contribution is -2.46. The number of benzene rings is 3. The number of amides is 2. The number of carbonyl (C=O) groups excluding carboxylic acids is 2. The van der Waals surface area contributed by atoms with Crippen LogP contribution in [0.25, 0.3) is 11.0 Å². The summed E-state index contributed by atoms with van der Waals surface area (Å²) < 4.78 is 20.4. The molecule has 0 aliphatic carbocycles. The Balaban J connectivity index is 1.81. The van der Waals surface area contributed by atoms with Crippen LogP contribution in [0.3, 0.4) is 0 Å². The van der Waals surface area contributed by atoms with Crippen molar-refractivity contribution >= 4 is 28.5 Å². The van der Waals surface area contributed by atoms with E-state index in [0.717, 1.165) is 5.56 Å². The number of nitrogens with one attached hydrogen (secondary N) is 1. The lowest BCUT2D eigenvalue weighted by atomic mass is 10.0. The minimum atomic E-state index is -1.04. The number of fused-ring (bicyclic) bond motifs is 1. The van der Waals surface area contributed by atoms with Gasteiger partial charge in [0, 0.05) is 19.3 Å². The molecular formula is C27H28FN5O3. The van der Waals surface area contributed by atoms with Crippen LogP contribution in [0.15, 0.2) is 72.8 Å². The molecule has 9 heteroatoms. The Morgan fingerprint density at radius 3 is 2.53 bits per heavy atom. The van der Waals surface area contributed by atoms with Crippen molar-refractivity contribution in [1.29, 1.82) is 0 Å². The highest BCUT2D eigenvalue weighted by atomic mass is 19.1. The van der Waals surface area contributed by atoms with Crippen LogP contribution < -0.4 is 10.2 Å². The Hall–Kier alpha value is -4.11. The molecule has 0 fully saturated rings. The van der Waals surface area contributed by atoms with Crippen LogP contribution in [0.1, 0.15) is 24.1 Å². The predicted molar refractivity (Wildman–Crippen MR) is 135 cm³/mol. The van der Waals surface area contributed by atoms with Crippen LogP contribution in [0.2, 0.25) is 0 Å². The van der Waals surface area contributed by atoms with Crippen LogP contribution in [0.4, 0.5) is 10.1 Å². The number of aromatic nitrogens is 3. The van der Waals surface area contributed by atoms with Crippen LogP contribution in [-0.4, -0.2) is 47.1 Å². The summed E-state index contributed by atoms with van der Waals surface area (Å²) in [5.74, 6) is -1.19. The quantitative estimate of drug-likeness (QED) is 0.344. The summed E-state index contributed by atoms with van der Waals surface area (Å²) in [6.07, 6.45) is 0.646. The summed E-state index contributed by atoms with van der Waals surface area (Å²) in [7, 11) is 1.54. The first-order valence-electron chi connectivity index (χ1n) is 11.7. The lowest BCUT2D eigenvalue weighted by Gasteiger charge is -2.33. The van der Waals surface area contributed by atoms with Gasteiger partial charge in [0.15, 0.2) is 0 Å². The maximum atomic E-state index is 14.0. The number of para-hydroxylation sites is 2. The van der Waals surface area contributed by atoms with E-state index in [1.807, 2.05) is 55.5 Å². The summed E-state index contributed by atoms with van der Waals surface area (Å²) in [6, 6.07) is 19.4. The standard InChI is InChI=1S/C27H28FN5O3/c1-3-19-8-4-6-10-23(19)33(25(34)18-32-24-11-7-5-9-22(24)30-31-32)26(27(35)29-16-17-36-2)20-12-14-21(28)15-13-20/h4-15,26H,3,16-18H2,1-2H3,(H,29,35). The Labute approximate surface area is 208 Å². The highest BCUT2D eigenvalue weighted by Gasteiger charge is 2.34. The van der Waals surface area contributed by atoms with Crippen molar-refractivity contribution in [3.05, 3.63) is 89.7 Å². The average molecular weight is 490 g/mol. The van der Waals surface area contributed by atoms with Gasteiger partial charge in [-0.25, -0.2) is 9.07 Å². The molecule has 0 spiro atoms. The number of anilines is 1. The highest BCUT2D eigenvalue weighted by Crippen LogP contribution is 2.32. The third-order valence-electron chi connectivity index (χ3n) is 5.90. The van der Waals surface area contributed by atoms with Gasteiger partial charge in [-0.05, 0) is 47.9 Å². The van der Waals surface area contributed by atoms with Gasteiger partial charge < -0.3 is 10.1 Å². The fourth-order valence-electron chi connectivity index (χ4n) is 4.14. The maximum Gasteiger partial charge on any atom is 0.249 e. The first-order chi connectivity index (χ1) is 17.5. The number of ether oxygens (including phenoxy) is 1. The SMILES string of the molecule is CCc1ccccc1N(C(=O)Cn1nnc2ccccc21)C(C(=O)NCCOC)c1ccc(F)cc1. The molecule has 2 amide bonds. The fraction of sp³-hybridized carbons (Fsp3) is 0.259. The average Bonchev–Trinajstić information content (AvgIpc) is 3.30. The largest absolute Gasteiger partial charge is 0.383 e. The topological polar surface area (TPSA) is 89.4 Å². The van der Waals surface area contributed by atoms with Gasteiger partial charge in [0.25, 0.3) is 0 Å². The van der Waals surface area contributed by atoms with Gasteiger partial charge in [0.1, 0.15) is 23.9 Å². The van der Waals surface area contributed by atoms with E-state index < -0.39 is 17.8 Å². The molecule has 36 heavy (non-hydrogen) atoms. The van der Waals surface area contributed by atoms with Gasteiger partial charge in [-0.15, -0.1) is 5.10 Å². The molecule has 3 aromatic carbocycles. The molecule has 1 N–H and O–H groups in total. The first kappa shape index (κ1) is 25.0. The lowest BCUT2D eigenvalue weighted by molar-refractivity contribution is -0.127. The third kappa shape index (κ3) is 5.41. The number of methoxy groups -OCH3 is 1. The Morgan fingerprint density at radius 2 is 1.78 bits per heavy atom. The number of rotatable bonds is 10. The molecule has 1 heterocycles. The summed E-state index contributed by atoms with van der Waals surface area (Å²) in [6.45, 7) is 2.42. The van der Waals surface area contributed by atoms with E-state index >= 15 is 0 Å². The molecule has 4 aromatic rings. The molecule has 0 bridgehead atoms. The number of aryl methyl sites for hydroxylation is 1. The second-order valence-corrected chi connectivity index (χ2v) is 8.22. The van der Waals surface area contributed by atoms with E-state index in [4.69, 9.17) is 4.74 Å². The number of hydrogen-bond acceptors (Lipinski definition) is 5. The van der Waals surface area contributed by atoms with Gasteiger partial charge >= 0.3 is 0 Å². The fourth-order valence-corrected chi connectivity index (χ4v) is 4.14. The van der Waals surface area contributed by atoms with Gasteiger partial charge in [-0.1, -0.05) is 54.6 Å². The number of hydrogen-bond donors (Lipinski definition) is 1. The van der Waals surface area contributed by atoms with E-state index in [2.05, 4.69) is 15.6 Å². The summed E-state index contributed by atoms with van der Waals surface area (Å²) in [4.78, 5) is 29.0. The molecular weight excluding hydrogens is 461 g/mol. The van der Waals surface area contributed by atoms with Crippen molar-refractivity contribution in [2.75, 3.05) is 25.2 Å². The molecule has 1 unspecified atom stereocenters. The summed E-state index contributed by atoms with van der Waals surface area (Å²) >= 11 is 0. The number of carbonyl (C=O) groups is 2. The normalized spacial score (nSPS) is 11.9. The number of halogens is 1. The van der Waals surface area contributed by atoms with Crippen molar-refractivity contribution < 1.29 is 18.7 Å². The van der Waals surface area contributed by atoms with Crippen molar-refractivity contribution in [2.45, 2.75) is 25.9 Å². The predicted octanol–water partition coefficient (Wildman–Crippen LogP) is 3.67. The molecule has 0 aliphatic rings. The Bertz CT molecular complexity index is 1340. The van der Waals surface area contributed by atoms with Crippen LogP contribution >= 0.6 is 0 Å². The van der Waals surface area contributed by atoms with Gasteiger partial charge in [-0.2, -0.15) is 0 Å². The molecule has 0 aliphatic heterocycles. The number of nitrogens with zero attached hydrogens (tertiary/aromatic N) is 4. The van der Waals surface area contributed by atoms with Crippen molar-refractivity contribution in [3.8, 4) is 0 Å². The zero-order valence-corrected chi connectivity index (χ0v) is 20.2. The van der Waals surface area contributed by atoms with Crippen LogP contribution in [0, 0.1) is 5.82 Å². The van der Waals surface area contributed by atoms with Crippen molar-refractivity contribution in [1.82, 2.24) is 20.3 Å². The molecule has 0 saturated carbocycles. The van der Waals surface area contributed by atoms with Crippen LogP contribution in [0.5, 0.6) is 0 Å². The van der Waals surface area contributed by atoms with E-state index in [1.165, 1.54) is 33.8 Å². The molecule has 1 atom stereocenters. The summed E-state index contributed by atoms with van der Waals surface area (Å²) in [5.41, 5.74) is 3.35. The van der Waals surface area contributed by atoms with Crippen LogP contribution in [-0.2, 0) is 27.3 Å². The Kier molecular flexibility index (Phi) is 8.02. The Morgan fingerprint density at radius 1 is 1.06 bits per heavy atom. The second-order valence-electron chi connectivity index (χ2n) is 8.22. The molecule has 0 saturated heterocycles. The molecule has 8 nitrogen and oxygen atoms in total. The third-order valence-corrected chi connectivity index (χ3v) is 5.90. The van der Waals surface area contributed by atoms with E-state index in [0.29, 0.717) is 35.3 Å².